The highest BCUT2D eigenvalue weighted by atomic mass is 16.6. The zero-order chi connectivity index (χ0) is 57.1. The van der Waals surface area contributed by atoms with Crippen LogP contribution in [-0.2, 0) is 28.6 Å². The first-order valence-corrected chi connectivity index (χ1v) is 34.4. The first kappa shape index (κ1) is 75.8. The van der Waals surface area contributed by atoms with Crippen molar-refractivity contribution in [3.8, 4) is 0 Å². The van der Waals surface area contributed by atoms with Crippen molar-refractivity contribution < 1.29 is 28.6 Å². The summed E-state index contributed by atoms with van der Waals surface area (Å²) in [5.41, 5.74) is 0. The van der Waals surface area contributed by atoms with Crippen LogP contribution in [0.5, 0.6) is 0 Å². The lowest BCUT2D eigenvalue weighted by Crippen LogP contribution is -2.30. The number of carbonyl (C=O) groups excluding carboxylic acids is 3. The van der Waals surface area contributed by atoms with E-state index in [9.17, 15) is 14.4 Å². The molecule has 0 aliphatic carbocycles. The van der Waals surface area contributed by atoms with Gasteiger partial charge in [0, 0.05) is 19.3 Å². The Hall–Kier alpha value is -3.15. The summed E-state index contributed by atoms with van der Waals surface area (Å²) >= 11 is 0. The van der Waals surface area contributed by atoms with E-state index in [2.05, 4.69) is 93.7 Å². The Morgan fingerprint density at radius 3 is 0.785 bits per heavy atom. The van der Waals surface area contributed by atoms with Gasteiger partial charge in [-0.2, -0.15) is 0 Å². The van der Waals surface area contributed by atoms with Crippen LogP contribution in [0, 0.1) is 0 Å². The van der Waals surface area contributed by atoms with Crippen LogP contribution in [0.2, 0.25) is 0 Å². The summed E-state index contributed by atoms with van der Waals surface area (Å²) in [5.74, 6) is -0.891. The van der Waals surface area contributed by atoms with E-state index in [-0.39, 0.29) is 31.1 Å². The summed E-state index contributed by atoms with van der Waals surface area (Å²) in [7, 11) is 0. The Kier molecular flexibility index (Phi) is 64.7. The molecule has 6 heteroatoms. The SMILES string of the molecule is CC/C=C\C/C=C\C/C=C\C/C=C\C/C=C\CCCCCCCC(=O)OC(COC(=O)CCCCCCC/C=C\CCCCCCCC)COC(=O)CCCCCCCCCCCCCCCCCCCCCCCCCCC. The molecule has 0 radical (unpaired) electrons. The average molecular weight is 1100 g/mol. The molecule has 458 valence electrons. The van der Waals surface area contributed by atoms with Gasteiger partial charge in [0.15, 0.2) is 6.10 Å². The van der Waals surface area contributed by atoms with Crippen LogP contribution in [0.3, 0.4) is 0 Å². The maximum atomic E-state index is 12.9. The van der Waals surface area contributed by atoms with Gasteiger partial charge < -0.3 is 14.2 Å². The minimum Gasteiger partial charge on any atom is -0.462 e. The van der Waals surface area contributed by atoms with Gasteiger partial charge in [0.1, 0.15) is 13.2 Å². The molecule has 0 aromatic heterocycles. The third kappa shape index (κ3) is 65.5. The first-order chi connectivity index (χ1) is 39.0. The van der Waals surface area contributed by atoms with Crippen molar-refractivity contribution in [2.45, 2.75) is 361 Å². The molecule has 0 rings (SSSR count). The normalized spacial score (nSPS) is 12.5. The van der Waals surface area contributed by atoms with Crippen molar-refractivity contribution >= 4 is 17.9 Å². The molecule has 0 aliphatic heterocycles. The molecule has 6 nitrogen and oxygen atoms in total. The minimum atomic E-state index is -0.790. The minimum absolute atomic E-state index is 0.0828. The molecular formula is C73H130O6. The number of ether oxygens (including phenoxy) is 3. The smallest absolute Gasteiger partial charge is 0.306 e. The zero-order valence-corrected chi connectivity index (χ0v) is 52.6. The summed E-state index contributed by atoms with van der Waals surface area (Å²) < 4.78 is 17.0. The highest BCUT2D eigenvalue weighted by Crippen LogP contribution is 2.18. The van der Waals surface area contributed by atoms with Gasteiger partial charge in [-0.3, -0.25) is 14.4 Å². The number of rotatable bonds is 63. The second-order valence-corrected chi connectivity index (χ2v) is 23.1. The van der Waals surface area contributed by atoms with Crippen molar-refractivity contribution in [3.05, 3.63) is 72.9 Å². The van der Waals surface area contributed by atoms with E-state index < -0.39 is 6.10 Å². The quantitative estimate of drug-likeness (QED) is 0.0261. The van der Waals surface area contributed by atoms with Gasteiger partial charge in [0.25, 0.3) is 0 Å². The number of unbranched alkanes of at least 4 members (excludes halogenated alkanes) is 40. The van der Waals surface area contributed by atoms with E-state index in [1.165, 1.54) is 199 Å². The second kappa shape index (κ2) is 67.4. The first-order valence-electron chi connectivity index (χ1n) is 34.4. The van der Waals surface area contributed by atoms with Crippen LogP contribution in [-0.4, -0.2) is 37.2 Å². The van der Waals surface area contributed by atoms with Gasteiger partial charge in [-0.25, -0.2) is 0 Å². The van der Waals surface area contributed by atoms with Crippen LogP contribution in [0.15, 0.2) is 72.9 Å². The molecule has 0 aliphatic rings. The molecule has 1 atom stereocenters. The van der Waals surface area contributed by atoms with Gasteiger partial charge in [-0.15, -0.1) is 0 Å². The van der Waals surface area contributed by atoms with E-state index >= 15 is 0 Å². The molecule has 0 heterocycles. The molecule has 0 saturated heterocycles. The van der Waals surface area contributed by atoms with E-state index in [0.29, 0.717) is 19.3 Å². The summed E-state index contributed by atoms with van der Waals surface area (Å²) in [4.78, 5) is 38.4. The van der Waals surface area contributed by atoms with E-state index in [1.54, 1.807) is 0 Å². The highest BCUT2D eigenvalue weighted by Gasteiger charge is 2.19. The molecule has 0 saturated carbocycles. The summed E-state index contributed by atoms with van der Waals surface area (Å²) in [6.45, 7) is 6.55. The molecule has 0 fully saturated rings. The Morgan fingerprint density at radius 1 is 0.266 bits per heavy atom. The Balaban J connectivity index is 4.33. The maximum absolute atomic E-state index is 12.9. The monoisotopic (exact) mass is 1100 g/mol. The van der Waals surface area contributed by atoms with Crippen LogP contribution in [0.4, 0.5) is 0 Å². The summed E-state index contributed by atoms with van der Waals surface area (Å²) in [5, 5.41) is 0. The third-order valence-corrected chi connectivity index (χ3v) is 15.2. The number of hydrogen-bond acceptors (Lipinski definition) is 6. The van der Waals surface area contributed by atoms with Crippen LogP contribution < -0.4 is 0 Å². The van der Waals surface area contributed by atoms with Crippen LogP contribution in [0.1, 0.15) is 355 Å². The fraction of sp³-hybridized carbons (Fsp3) is 0.795. The predicted molar refractivity (Wildman–Crippen MR) is 344 cm³/mol. The van der Waals surface area contributed by atoms with Crippen molar-refractivity contribution in [3.63, 3.8) is 0 Å². The number of allylic oxidation sites excluding steroid dienone is 12. The van der Waals surface area contributed by atoms with Gasteiger partial charge in [0.05, 0.1) is 0 Å². The molecule has 0 N–H and O–H groups in total. The molecule has 0 bridgehead atoms. The van der Waals surface area contributed by atoms with Gasteiger partial charge in [0.2, 0.25) is 0 Å². The third-order valence-electron chi connectivity index (χ3n) is 15.2. The molecule has 0 spiro atoms. The standard InChI is InChI=1S/C73H130O6/c1-4-7-10-13-16-19-22-25-28-30-32-34-35-36-37-39-40-42-45-48-51-54-57-60-63-66-72(75)78-69-70(68-77-71(74)65-62-59-56-53-50-47-44-27-24-21-18-15-12-9-6-3)79-73(76)67-64-61-58-55-52-49-46-43-41-38-33-31-29-26-23-20-17-14-11-8-5-2/h8,11,17,20,26-27,29,33,38,43-44,46,70H,4-7,9-10,12-16,18-19,21-25,28,30-32,34-37,39-42,45,47-69H2,1-3H3/b11-8-,20-17-,29-26-,38-33-,44-27-,46-43-. The van der Waals surface area contributed by atoms with Gasteiger partial charge in [-0.1, -0.05) is 318 Å². The van der Waals surface area contributed by atoms with E-state index in [1.807, 2.05) is 0 Å². The van der Waals surface area contributed by atoms with Crippen LogP contribution in [0.25, 0.3) is 0 Å². The summed E-state index contributed by atoms with van der Waals surface area (Å²) in [6, 6.07) is 0. The molecule has 0 aromatic carbocycles. The second-order valence-electron chi connectivity index (χ2n) is 23.1. The summed E-state index contributed by atoms with van der Waals surface area (Å²) in [6.07, 6.45) is 87.8. The Morgan fingerprint density at radius 2 is 0.494 bits per heavy atom. The lowest BCUT2D eigenvalue weighted by atomic mass is 10.0. The zero-order valence-electron chi connectivity index (χ0n) is 52.6. The predicted octanol–water partition coefficient (Wildman–Crippen LogP) is 23.7. The average Bonchev–Trinajstić information content (AvgIpc) is 3.45. The fourth-order valence-electron chi connectivity index (χ4n) is 10.1. The molecule has 0 aromatic rings. The van der Waals surface area contributed by atoms with Crippen molar-refractivity contribution in [2.24, 2.45) is 0 Å². The highest BCUT2D eigenvalue weighted by molar-refractivity contribution is 5.71. The molecular weight excluding hydrogens is 973 g/mol. The van der Waals surface area contributed by atoms with Crippen molar-refractivity contribution in [1.82, 2.24) is 0 Å². The van der Waals surface area contributed by atoms with E-state index in [0.717, 1.165) is 116 Å². The molecule has 79 heavy (non-hydrogen) atoms. The van der Waals surface area contributed by atoms with E-state index in [4.69, 9.17) is 14.2 Å². The maximum Gasteiger partial charge on any atom is 0.306 e. The largest absolute Gasteiger partial charge is 0.462 e. The van der Waals surface area contributed by atoms with Gasteiger partial charge >= 0.3 is 17.9 Å². The number of esters is 3. The fourth-order valence-corrected chi connectivity index (χ4v) is 10.1. The van der Waals surface area contributed by atoms with Crippen molar-refractivity contribution in [2.75, 3.05) is 13.2 Å². The Labute approximate surface area is 491 Å². The lowest BCUT2D eigenvalue weighted by Gasteiger charge is -2.18. The number of hydrogen-bond donors (Lipinski definition) is 0. The molecule has 0 amide bonds. The van der Waals surface area contributed by atoms with Crippen LogP contribution >= 0.6 is 0 Å². The topological polar surface area (TPSA) is 78.9 Å². The molecule has 1 unspecified atom stereocenters. The Bertz CT molecular complexity index is 1450. The van der Waals surface area contributed by atoms with Gasteiger partial charge in [-0.05, 0) is 89.9 Å². The van der Waals surface area contributed by atoms with Crippen molar-refractivity contribution in [1.29, 1.82) is 0 Å². The number of carbonyl (C=O) groups is 3. The lowest BCUT2D eigenvalue weighted by molar-refractivity contribution is -0.167.